The molecule has 0 saturated carbocycles. The van der Waals surface area contributed by atoms with Crippen molar-refractivity contribution in [3.63, 3.8) is 0 Å². The summed E-state index contributed by atoms with van der Waals surface area (Å²) in [6.07, 6.45) is 6.77. The number of halogens is 1. The van der Waals surface area contributed by atoms with Gasteiger partial charge in [0.05, 0.1) is 29.7 Å². The molecular formula is C28H35ClN6O5. The lowest BCUT2D eigenvalue weighted by Crippen LogP contribution is -2.44. The van der Waals surface area contributed by atoms with Gasteiger partial charge in [-0.3, -0.25) is 19.4 Å². The Bertz CT molecular complexity index is 1460. The summed E-state index contributed by atoms with van der Waals surface area (Å²) in [4.78, 5) is 59.0. The second kappa shape index (κ2) is 13.8. The molecule has 3 aromatic rings. The quantitative estimate of drug-likeness (QED) is 0.300. The summed E-state index contributed by atoms with van der Waals surface area (Å²) in [7, 11) is 4.45. The van der Waals surface area contributed by atoms with Gasteiger partial charge in [0.25, 0.3) is 5.56 Å². The maximum Gasteiger partial charge on any atom is 0.407 e. The van der Waals surface area contributed by atoms with Crippen LogP contribution in [0.1, 0.15) is 37.9 Å². The zero-order valence-electron chi connectivity index (χ0n) is 23.3. The van der Waals surface area contributed by atoms with Crippen LogP contribution in [-0.2, 0) is 27.3 Å². The molecule has 0 aromatic carbocycles. The molecule has 0 radical (unpaired) electrons. The van der Waals surface area contributed by atoms with Crippen molar-refractivity contribution in [1.29, 1.82) is 0 Å². The Morgan fingerprint density at radius 2 is 2.02 bits per heavy atom. The van der Waals surface area contributed by atoms with E-state index in [0.29, 0.717) is 17.4 Å². The van der Waals surface area contributed by atoms with Crippen LogP contribution in [0.25, 0.3) is 11.0 Å². The van der Waals surface area contributed by atoms with Crippen LogP contribution in [-0.4, -0.2) is 64.6 Å². The zero-order chi connectivity index (χ0) is 29.4. The third-order valence-corrected chi connectivity index (χ3v) is 6.43. The molecule has 3 heterocycles. The topological polar surface area (TPSA) is 138 Å². The maximum absolute atomic E-state index is 13.2. The molecular weight excluding hydrogens is 536 g/mol. The Morgan fingerprint density at radius 1 is 1.27 bits per heavy atom. The molecule has 3 rings (SSSR count). The summed E-state index contributed by atoms with van der Waals surface area (Å²) in [5.41, 5.74) is 2.96. The number of rotatable bonds is 11. The highest BCUT2D eigenvalue weighted by atomic mass is 35.5. The molecule has 0 aliphatic heterocycles. The summed E-state index contributed by atoms with van der Waals surface area (Å²) in [5.74, 6) is -0.390. The molecule has 3 amide bonds. The largest absolute Gasteiger partial charge is 0.453 e. The van der Waals surface area contributed by atoms with Crippen LogP contribution in [0.3, 0.4) is 0 Å². The Balaban J connectivity index is 1.78. The highest BCUT2D eigenvalue weighted by Gasteiger charge is 2.22. The molecule has 3 aromatic heterocycles. The minimum atomic E-state index is -0.997. The van der Waals surface area contributed by atoms with E-state index in [4.69, 9.17) is 11.6 Å². The first kappa shape index (κ1) is 30.4. The van der Waals surface area contributed by atoms with E-state index in [2.05, 4.69) is 39.2 Å². The second-order valence-corrected chi connectivity index (χ2v) is 10.4. The van der Waals surface area contributed by atoms with Crippen molar-refractivity contribution in [3.05, 3.63) is 69.4 Å². The number of aromatic amines is 1. The molecule has 214 valence electrons. The van der Waals surface area contributed by atoms with E-state index < -0.39 is 23.6 Å². The van der Waals surface area contributed by atoms with Gasteiger partial charge in [-0.15, -0.1) is 0 Å². The number of nitrogens with one attached hydrogen (secondary N) is 3. The number of alkyl carbamates (subject to hydrolysis) is 1. The first-order chi connectivity index (χ1) is 19.0. The highest BCUT2D eigenvalue weighted by molar-refractivity contribution is 6.32. The van der Waals surface area contributed by atoms with Crippen molar-refractivity contribution >= 4 is 46.2 Å². The van der Waals surface area contributed by atoms with Crippen LogP contribution < -0.4 is 16.2 Å². The van der Waals surface area contributed by atoms with Crippen LogP contribution in [0.4, 0.5) is 10.5 Å². The third-order valence-electron chi connectivity index (χ3n) is 6.11. The van der Waals surface area contributed by atoms with E-state index in [9.17, 15) is 19.2 Å². The lowest BCUT2D eigenvalue weighted by molar-refractivity contribution is -0.123. The van der Waals surface area contributed by atoms with E-state index in [0.717, 1.165) is 28.7 Å². The number of pyridine rings is 2. The van der Waals surface area contributed by atoms with Crippen molar-refractivity contribution in [2.24, 2.45) is 5.92 Å². The van der Waals surface area contributed by atoms with Crippen molar-refractivity contribution in [3.8, 4) is 0 Å². The number of aromatic nitrogens is 3. The van der Waals surface area contributed by atoms with Crippen molar-refractivity contribution in [1.82, 2.24) is 24.8 Å². The number of carbonyl (C=O) groups is 3. The van der Waals surface area contributed by atoms with Gasteiger partial charge >= 0.3 is 6.09 Å². The summed E-state index contributed by atoms with van der Waals surface area (Å²) >= 11 is 6.41. The van der Waals surface area contributed by atoms with E-state index in [-0.39, 0.29) is 24.6 Å². The fourth-order valence-corrected chi connectivity index (χ4v) is 4.29. The number of methoxy groups -OCH3 is 1. The van der Waals surface area contributed by atoms with Crippen LogP contribution in [0.5, 0.6) is 0 Å². The molecule has 0 aliphatic rings. The number of amides is 3. The van der Waals surface area contributed by atoms with Gasteiger partial charge in [-0.2, -0.15) is 0 Å². The van der Waals surface area contributed by atoms with Gasteiger partial charge in [-0.25, -0.2) is 4.79 Å². The molecule has 0 bridgehead atoms. The average molecular weight is 571 g/mol. The number of allylic oxidation sites excluding steroid dienone is 1. The SMILES string of the molecule is COC(=O)NC(CC/C=C/C(=O)N(C)C)C(=O)Nc1cccn(Cc2cc3ncc(Cl)c(CC(C)C)c3[nH]2)c1=O. The molecule has 11 nitrogen and oxygen atoms in total. The molecule has 1 unspecified atom stereocenters. The monoisotopic (exact) mass is 570 g/mol. The fourth-order valence-electron chi connectivity index (χ4n) is 4.07. The number of H-pyrrole nitrogens is 1. The lowest BCUT2D eigenvalue weighted by Gasteiger charge is -2.17. The van der Waals surface area contributed by atoms with E-state index in [1.807, 2.05) is 6.07 Å². The van der Waals surface area contributed by atoms with Gasteiger partial charge in [0, 0.05) is 32.2 Å². The van der Waals surface area contributed by atoms with E-state index in [1.165, 1.54) is 28.7 Å². The number of hydrogen-bond acceptors (Lipinski definition) is 6. The lowest BCUT2D eigenvalue weighted by atomic mass is 10.0. The molecule has 0 aliphatic carbocycles. The Morgan fingerprint density at radius 3 is 2.70 bits per heavy atom. The molecule has 0 spiro atoms. The average Bonchev–Trinajstić information content (AvgIpc) is 3.32. The highest BCUT2D eigenvalue weighted by Crippen LogP contribution is 2.27. The number of carbonyl (C=O) groups excluding carboxylic acids is 3. The normalized spacial score (nSPS) is 12.1. The predicted octanol–water partition coefficient (Wildman–Crippen LogP) is 3.71. The Labute approximate surface area is 237 Å². The van der Waals surface area contributed by atoms with E-state index >= 15 is 0 Å². The van der Waals surface area contributed by atoms with Gasteiger partial charge in [-0.05, 0) is 55.0 Å². The fraction of sp³-hybridized carbons (Fsp3) is 0.393. The zero-order valence-corrected chi connectivity index (χ0v) is 24.0. The van der Waals surface area contributed by atoms with Crippen molar-refractivity contribution < 1.29 is 19.1 Å². The first-order valence-corrected chi connectivity index (χ1v) is 13.3. The predicted molar refractivity (Wildman–Crippen MR) is 154 cm³/mol. The van der Waals surface area contributed by atoms with Gasteiger partial charge in [0.1, 0.15) is 11.7 Å². The Kier molecular flexibility index (Phi) is 10.5. The smallest absolute Gasteiger partial charge is 0.407 e. The molecule has 0 fully saturated rings. The summed E-state index contributed by atoms with van der Waals surface area (Å²) in [6, 6.07) is 4.02. The van der Waals surface area contributed by atoms with Crippen LogP contribution in [0.15, 0.2) is 47.5 Å². The summed E-state index contributed by atoms with van der Waals surface area (Å²) < 4.78 is 6.10. The first-order valence-electron chi connectivity index (χ1n) is 12.9. The molecule has 1 atom stereocenters. The molecule has 12 heteroatoms. The minimum absolute atomic E-state index is 0.0558. The number of hydrogen-bond donors (Lipinski definition) is 3. The molecule has 40 heavy (non-hydrogen) atoms. The summed E-state index contributed by atoms with van der Waals surface area (Å²) in [5, 5.41) is 5.68. The second-order valence-electron chi connectivity index (χ2n) is 9.98. The summed E-state index contributed by atoms with van der Waals surface area (Å²) in [6.45, 7) is 4.44. The van der Waals surface area contributed by atoms with Crippen molar-refractivity contribution in [2.75, 3.05) is 26.5 Å². The van der Waals surface area contributed by atoms with Crippen LogP contribution in [0, 0.1) is 5.92 Å². The third kappa shape index (κ3) is 7.95. The van der Waals surface area contributed by atoms with Gasteiger partial charge in [0.15, 0.2) is 0 Å². The molecule has 3 N–H and O–H groups in total. The number of likely N-dealkylation sites (N-methyl/N-ethyl adjacent to an activating group) is 1. The van der Waals surface area contributed by atoms with E-state index in [1.54, 1.807) is 38.6 Å². The van der Waals surface area contributed by atoms with Gasteiger partial charge in [-0.1, -0.05) is 31.5 Å². The number of fused-ring (bicyclic) bond motifs is 1. The number of ether oxygens (including phenoxy) is 1. The number of anilines is 1. The van der Waals surface area contributed by atoms with Gasteiger partial charge < -0.3 is 29.8 Å². The minimum Gasteiger partial charge on any atom is -0.453 e. The molecule has 0 saturated heterocycles. The van der Waals surface area contributed by atoms with Crippen LogP contribution in [0.2, 0.25) is 5.02 Å². The van der Waals surface area contributed by atoms with Crippen LogP contribution >= 0.6 is 11.6 Å². The standard InChI is InChI=1S/C28H35ClN6O5/c1-17(2)13-19-20(29)15-30-23-14-18(31-25(19)23)16-35-12-8-10-22(27(35)38)32-26(37)21(33-28(39)40-5)9-6-7-11-24(36)34(3)4/h7-8,10-12,14-15,17,21,31H,6,9,13,16H2,1-5H3,(H,32,37)(H,33,39)/b11-7+. The van der Waals surface area contributed by atoms with Gasteiger partial charge in [0.2, 0.25) is 11.8 Å². The van der Waals surface area contributed by atoms with Crippen molar-refractivity contribution in [2.45, 2.75) is 45.7 Å². The Hall–Kier alpha value is -4.12. The maximum atomic E-state index is 13.2. The number of nitrogens with zero attached hydrogens (tertiary/aromatic N) is 3.